The summed E-state index contributed by atoms with van der Waals surface area (Å²) in [6, 6.07) is 20.5. The van der Waals surface area contributed by atoms with Crippen LogP contribution in [0.15, 0.2) is 89.2 Å². The quantitative estimate of drug-likeness (QED) is 0.416. The molecule has 32 heavy (non-hydrogen) atoms. The van der Waals surface area contributed by atoms with Gasteiger partial charge in [0.15, 0.2) is 0 Å². The maximum atomic E-state index is 12.7. The molecule has 160 valence electrons. The fourth-order valence-corrected chi connectivity index (χ4v) is 3.82. The van der Waals surface area contributed by atoms with Crippen molar-refractivity contribution in [2.75, 3.05) is 10.6 Å². The molecule has 0 aliphatic rings. The van der Waals surface area contributed by atoms with Gasteiger partial charge in [-0.1, -0.05) is 35.9 Å². The lowest BCUT2D eigenvalue weighted by molar-refractivity contribution is 0.101. The van der Waals surface area contributed by atoms with Crippen molar-refractivity contribution in [3.8, 4) is 0 Å². The van der Waals surface area contributed by atoms with Gasteiger partial charge in [0.1, 0.15) is 0 Å². The van der Waals surface area contributed by atoms with Crippen LogP contribution in [0.25, 0.3) is 0 Å². The molecule has 2 aromatic carbocycles. The second kappa shape index (κ2) is 9.64. The molecule has 2 N–H and O–H groups in total. The number of thiophene rings is 1. The molecule has 0 saturated carbocycles. The number of hydrogen-bond donors (Lipinski definition) is 2. The maximum absolute atomic E-state index is 12.7. The number of carbonyl (C=O) groups excluding carboxylic acids is 2. The highest BCUT2D eigenvalue weighted by Gasteiger charge is 2.13. The zero-order valence-electron chi connectivity index (χ0n) is 16.7. The molecule has 6 nitrogen and oxygen atoms in total. The van der Waals surface area contributed by atoms with E-state index in [9.17, 15) is 14.4 Å². The SMILES string of the molecule is O=C(Nc1ccc(Cn2ccccc2=O)cc1)c1ccc(Cl)c(NC(=O)c2cccs2)c1. The van der Waals surface area contributed by atoms with Crippen LogP contribution in [0.5, 0.6) is 0 Å². The van der Waals surface area contributed by atoms with Crippen molar-refractivity contribution in [3.05, 3.63) is 116 Å². The van der Waals surface area contributed by atoms with E-state index in [-0.39, 0.29) is 17.4 Å². The number of amides is 2. The largest absolute Gasteiger partial charge is 0.322 e. The minimum Gasteiger partial charge on any atom is -0.322 e. The third-order valence-corrected chi connectivity index (χ3v) is 5.88. The maximum Gasteiger partial charge on any atom is 0.265 e. The molecule has 4 rings (SSSR count). The number of nitrogens with zero attached hydrogens (tertiary/aromatic N) is 1. The second-order valence-corrected chi connectivity index (χ2v) is 8.30. The number of nitrogens with one attached hydrogen (secondary N) is 2. The minimum absolute atomic E-state index is 0.0745. The predicted octanol–water partition coefficient (Wildman–Crippen LogP) is 5.12. The average molecular weight is 464 g/mol. The molecule has 0 atom stereocenters. The number of pyridine rings is 1. The molecule has 8 heteroatoms. The molecule has 2 heterocycles. The van der Waals surface area contributed by atoms with Gasteiger partial charge in [0.2, 0.25) is 0 Å². The highest BCUT2D eigenvalue weighted by molar-refractivity contribution is 7.12. The number of aromatic nitrogens is 1. The zero-order chi connectivity index (χ0) is 22.5. The van der Waals surface area contributed by atoms with E-state index in [0.717, 1.165) is 5.56 Å². The van der Waals surface area contributed by atoms with Crippen molar-refractivity contribution in [3.63, 3.8) is 0 Å². The smallest absolute Gasteiger partial charge is 0.265 e. The normalized spacial score (nSPS) is 10.5. The molecular formula is C24H18ClN3O3S. The van der Waals surface area contributed by atoms with Crippen molar-refractivity contribution in [1.82, 2.24) is 4.57 Å². The number of halogens is 1. The second-order valence-electron chi connectivity index (χ2n) is 6.94. The lowest BCUT2D eigenvalue weighted by Gasteiger charge is -2.10. The standard InChI is InChI=1S/C24H18ClN3O3S/c25-19-11-8-17(14-20(19)27-24(31)21-4-3-13-32-21)23(30)26-18-9-6-16(7-10-18)15-28-12-2-1-5-22(28)29/h1-14H,15H2,(H,26,30)(H,27,31). The van der Waals surface area contributed by atoms with Gasteiger partial charge in [-0.2, -0.15) is 0 Å². The van der Waals surface area contributed by atoms with E-state index in [1.807, 2.05) is 17.5 Å². The highest BCUT2D eigenvalue weighted by Crippen LogP contribution is 2.25. The molecule has 0 unspecified atom stereocenters. The fraction of sp³-hybridized carbons (Fsp3) is 0.0417. The van der Waals surface area contributed by atoms with Crippen LogP contribution in [0.4, 0.5) is 11.4 Å². The summed E-state index contributed by atoms with van der Waals surface area (Å²) in [4.78, 5) is 37.4. The third kappa shape index (κ3) is 5.14. The van der Waals surface area contributed by atoms with Crippen LogP contribution in [0.3, 0.4) is 0 Å². The Bertz CT molecular complexity index is 1320. The van der Waals surface area contributed by atoms with Crippen LogP contribution < -0.4 is 16.2 Å². The van der Waals surface area contributed by atoms with E-state index in [0.29, 0.717) is 33.4 Å². The van der Waals surface area contributed by atoms with E-state index in [4.69, 9.17) is 11.6 Å². The third-order valence-electron chi connectivity index (χ3n) is 4.69. The Kier molecular flexibility index (Phi) is 6.49. The van der Waals surface area contributed by atoms with E-state index in [2.05, 4.69) is 10.6 Å². The molecule has 0 aliphatic heterocycles. The van der Waals surface area contributed by atoms with Crippen LogP contribution in [-0.4, -0.2) is 16.4 Å². The highest BCUT2D eigenvalue weighted by atomic mass is 35.5. The first-order valence-electron chi connectivity index (χ1n) is 9.70. The zero-order valence-corrected chi connectivity index (χ0v) is 18.3. The lowest BCUT2D eigenvalue weighted by Crippen LogP contribution is -2.18. The van der Waals surface area contributed by atoms with Crippen LogP contribution in [0.2, 0.25) is 5.02 Å². The first kappa shape index (κ1) is 21.5. The van der Waals surface area contributed by atoms with E-state index < -0.39 is 0 Å². The molecule has 0 spiro atoms. The molecule has 0 aliphatic carbocycles. The summed E-state index contributed by atoms with van der Waals surface area (Å²) in [6.45, 7) is 0.443. The average Bonchev–Trinajstić information content (AvgIpc) is 3.33. The molecule has 4 aromatic rings. The first-order valence-corrected chi connectivity index (χ1v) is 11.0. The Hall–Kier alpha value is -3.68. The van der Waals surface area contributed by atoms with E-state index >= 15 is 0 Å². The Morgan fingerprint density at radius 3 is 2.44 bits per heavy atom. The molecule has 0 radical (unpaired) electrons. The number of hydrogen-bond acceptors (Lipinski definition) is 4. The van der Waals surface area contributed by atoms with E-state index in [1.54, 1.807) is 65.4 Å². The van der Waals surface area contributed by atoms with Crippen molar-refractivity contribution >= 4 is 46.1 Å². The van der Waals surface area contributed by atoms with Gasteiger partial charge in [0.05, 0.1) is 22.1 Å². The molecule has 2 amide bonds. The van der Waals surface area contributed by atoms with Crippen molar-refractivity contribution in [1.29, 1.82) is 0 Å². The van der Waals surface area contributed by atoms with Gasteiger partial charge in [-0.15, -0.1) is 11.3 Å². The number of carbonyl (C=O) groups is 2. The molecule has 2 aromatic heterocycles. The summed E-state index contributed by atoms with van der Waals surface area (Å²) in [6.07, 6.45) is 1.73. The Labute approximate surface area is 193 Å². The van der Waals surface area contributed by atoms with Crippen LogP contribution in [-0.2, 0) is 6.54 Å². The summed E-state index contributed by atoms with van der Waals surface area (Å²) in [5.74, 6) is -0.618. The number of anilines is 2. The summed E-state index contributed by atoms with van der Waals surface area (Å²) >= 11 is 7.51. The van der Waals surface area contributed by atoms with E-state index in [1.165, 1.54) is 17.4 Å². The summed E-state index contributed by atoms with van der Waals surface area (Å²) < 4.78 is 1.60. The van der Waals surface area contributed by atoms with Gasteiger partial charge in [-0.05, 0) is 53.4 Å². The predicted molar refractivity (Wildman–Crippen MR) is 128 cm³/mol. The summed E-state index contributed by atoms with van der Waals surface area (Å²) in [5, 5.41) is 7.71. The van der Waals surface area contributed by atoms with Gasteiger partial charge in [-0.25, -0.2) is 0 Å². The van der Waals surface area contributed by atoms with Gasteiger partial charge in [0.25, 0.3) is 17.4 Å². The lowest BCUT2D eigenvalue weighted by atomic mass is 10.1. The fourth-order valence-electron chi connectivity index (χ4n) is 3.04. The minimum atomic E-state index is -0.333. The van der Waals surface area contributed by atoms with Crippen LogP contribution >= 0.6 is 22.9 Å². The summed E-state index contributed by atoms with van der Waals surface area (Å²) in [7, 11) is 0. The number of benzene rings is 2. The van der Waals surface area contributed by atoms with Crippen molar-refractivity contribution < 1.29 is 9.59 Å². The van der Waals surface area contributed by atoms with Crippen molar-refractivity contribution in [2.24, 2.45) is 0 Å². The molecule has 0 bridgehead atoms. The van der Waals surface area contributed by atoms with Gasteiger partial charge in [0, 0.05) is 23.5 Å². The van der Waals surface area contributed by atoms with Gasteiger partial charge >= 0.3 is 0 Å². The Balaban J connectivity index is 1.44. The van der Waals surface area contributed by atoms with Gasteiger partial charge < -0.3 is 15.2 Å². The molecule has 0 fully saturated rings. The first-order chi connectivity index (χ1) is 15.5. The van der Waals surface area contributed by atoms with Gasteiger partial charge in [-0.3, -0.25) is 14.4 Å². The summed E-state index contributed by atoms with van der Waals surface area (Å²) in [5.41, 5.74) is 2.19. The molecular weight excluding hydrogens is 446 g/mol. The van der Waals surface area contributed by atoms with Crippen LogP contribution in [0, 0.1) is 0 Å². The van der Waals surface area contributed by atoms with Crippen LogP contribution in [0.1, 0.15) is 25.6 Å². The molecule has 0 saturated heterocycles. The topological polar surface area (TPSA) is 80.2 Å². The Morgan fingerprint density at radius 1 is 0.906 bits per heavy atom. The van der Waals surface area contributed by atoms with Crippen molar-refractivity contribution in [2.45, 2.75) is 6.54 Å². The monoisotopic (exact) mass is 463 g/mol. The Morgan fingerprint density at radius 2 is 1.72 bits per heavy atom. The number of rotatable bonds is 6.